The van der Waals surface area contributed by atoms with Crippen molar-refractivity contribution >= 4 is 22.6 Å². The summed E-state index contributed by atoms with van der Waals surface area (Å²) in [6.45, 7) is 6.34. The molecule has 2 atom stereocenters. The molecule has 2 amide bonds. The minimum atomic E-state index is -0.528. The second-order valence-electron chi connectivity index (χ2n) is 8.75. The van der Waals surface area contributed by atoms with Crippen molar-refractivity contribution in [2.24, 2.45) is 0 Å². The number of methoxy groups -OCH3 is 1. The van der Waals surface area contributed by atoms with Gasteiger partial charge in [0.25, 0.3) is 0 Å². The SMILES string of the molecule is CC[C@@H](C)NC(=O)[C@H](CC)N(Cc1cccc(OC)c1)C(=O)CCc1cccc2ccccc12. The van der Waals surface area contributed by atoms with Crippen molar-refractivity contribution in [3.05, 3.63) is 77.9 Å². The number of aryl methyl sites for hydroxylation is 1. The fourth-order valence-electron chi connectivity index (χ4n) is 4.22. The zero-order valence-electron chi connectivity index (χ0n) is 20.7. The van der Waals surface area contributed by atoms with Crippen molar-refractivity contribution in [3.63, 3.8) is 0 Å². The van der Waals surface area contributed by atoms with Crippen LogP contribution in [0.3, 0.4) is 0 Å². The molecule has 0 fully saturated rings. The molecule has 5 nitrogen and oxygen atoms in total. The molecule has 0 heterocycles. The molecule has 180 valence electrons. The van der Waals surface area contributed by atoms with E-state index in [0.29, 0.717) is 25.8 Å². The summed E-state index contributed by atoms with van der Waals surface area (Å²) in [4.78, 5) is 28.4. The third-order valence-corrected chi connectivity index (χ3v) is 6.36. The highest BCUT2D eigenvalue weighted by Gasteiger charge is 2.29. The normalized spacial score (nSPS) is 12.7. The van der Waals surface area contributed by atoms with Crippen LogP contribution >= 0.6 is 0 Å². The standard InChI is InChI=1S/C29H36N2O3/c1-5-21(3)30-29(33)27(6-2)31(20-22-11-9-15-25(19-22)34-4)28(32)18-17-24-14-10-13-23-12-7-8-16-26(23)24/h7-16,19,21,27H,5-6,17-18,20H2,1-4H3,(H,30,33)/t21-,27+/m1/s1. The third kappa shape index (κ3) is 6.37. The van der Waals surface area contributed by atoms with Crippen LogP contribution in [-0.2, 0) is 22.6 Å². The van der Waals surface area contributed by atoms with E-state index in [-0.39, 0.29) is 17.9 Å². The minimum Gasteiger partial charge on any atom is -0.497 e. The Balaban J connectivity index is 1.84. The van der Waals surface area contributed by atoms with Crippen LogP contribution in [0.4, 0.5) is 0 Å². The number of hydrogen-bond acceptors (Lipinski definition) is 3. The Morgan fingerprint density at radius 3 is 2.44 bits per heavy atom. The van der Waals surface area contributed by atoms with Crippen molar-refractivity contribution in [1.29, 1.82) is 0 Å². The lowest BCUT2D eigenvalue weighted by molar-refractivity contribution is -0.141. The lowest BCUT2D eigenvalue weighted by atomic mass is 10.00. The van der Waals surface area contributed by atoms with Gasteiger partial charge in [-0.2, -0.15) is 0 Å². The summed E-state index contributed by atoms with van der Waals surface area (Å²) in [5, 5.41) is 5.40. The maximum absolute atomic E-state index is 13.6. The fourth-order valence-corrected chi connectivity index (χ4v) is 4.22. The maximum Gasteiger partial charge on any atom is 0.243 e. The van der Waals surface area contributed by atoms with Crippen LogP contribution in [0.2, 0.25) is 0 Å². The molecule has 1 N–H and O–H groups in total. The molecule has 0 aliphatic rings. The average molecular weight is 461 g/mol. The number of rotatable bonds is 11. The zero-order chi connectivity index (χ0) is 24.5. The smallest absolute Gasteiger partial charge is 0.243 e. The van der Waals surface area contributed by atoms with Gasteiger partial charge in [-0.15, -0.1) is 0 Å². The second-order valence-corrected chi connectivity index (χ2v) is 8.75. The van der Waals surface area contributed by atoms with Gasteiger partial charge in [-0.25, -0.2) is 0 Å². The first-order valence-corrected chi connectivity index (χ1v) is 12.2. The second kappa shape index (κ2) is 12.2. The van der Waals surface area contributed by atoms with Gasteiger partial charge in [-0.05, 0) is 60.2 Å². The van der Waals surface area contributed by atoms with Gasteiger partial charge in [0.1, 0.15) is 11.8 Å². The Morgan fingerprint density at radius 1 is 0.971 bits per heavy atom. The Morgan fingerprint density at radius 2 is 1.71 bits per heavy atom. The minimum absolute atomic E-state index is 0.0260. The Hall–Kier alpha value is -3.34. The van der Waals surface area contributed by atoms with Crippen LogP contribution < -0.4 is 10.1 Å². The van der Waals surface area contributed by atoms with Crippen molar-refractivity contribution in [3.8, 4) is 5.75 Å². The molecule has 0 bridgehead atoms. The Kier molecular flexibility index (Phi) is 9.08. The molecule has 0 aromatic heterocycles. The number of hydrogen-bond donors (Lipinski definition) is 1. The van der Waals surface area contributed by atoms with E-state index >= 15 is 0 Å². The number of carbonyl (C=O) groups excluding carboxylic acids is 2. The molecule has 5 heteroatoms. The van der Waals surface area contributed by atoms with Gasteiger partial charge in [0.2, 0.25) is 11.8 Å². The number of ether oxygens (including phenoxy) is 1. The fraction of sp³-hybridized carbons (Fsp3) is 0.379. The first kappa shape index (κ1) is 25.3. The van der Waals surface area contributed by atoms with Crippen molar-refractivity contribution in [2.45, 2.75) is 65.1 Å². The van der Waals surface area contributed by atoms with E-state index < -0.39 is 6.04 Å². The van der Waals surface area contributed by atoms with Gasteiger partial charge in [0.15, 0.2) is 0 Å². The maximum atomic E-state index is 13.6. The van der Waals surface area contributed by atoms with E-state index in [0.717, 1.165) is 23.3 Å². The van der Waals surface area contributed by atoms with Gasteiger partial charge in [0, 0.05) is 19.0 Å². The van der Waals surface area contributed by atoms with Gasteiger partial charge in [-0.3, -0.25) is 9.59 Å². The summed E-state index contributed by atoms with van der Waals surface area (Å²) in [5.41, 5.74) is 2.08. The van der Waals surface area contributed by atoms with E-state index in [9.17, 15) is 9.59 Å². The van der Waals surface area contributed by atoms with Gasteiger partial charge in [-0.1, -0.05) is 68.4 Å². The number of nitrogens with zero attached hydrogens (tertiary/aromatic N) is 1. The van der Waals surface area contributed by atoms with Crippen molar-refractivity contribution in [1.82, 2.24) is 10.2 Å². The number of benzene rings is 3. The van der Waals surface area contributed by atoms with Gasteiger partial charge < -0.3 is 15.0 Å². The van der Waals surface area contributed by atoms with E-state index in [1.165, 1.54) is 10.8 Å². The molecule has 0 saturated carbocycles. The topological polar surface area (TPSA) is 58.6 Å². The highest BCUT2D eigenvalue weighted by molar-refractivity contribution is 5.89. The predicted octanol–water partition coefficient (Wildman–Crippen LogP) is 5.50. The number of carbonyl (C=O) groups is 2. The summed E-state index contributed by atoms with van der Waals surface area (Å²) in [6, 6.07) is 21.6. The summed E-state index contributed by atoms with van der Waals surface area (Å²) < 4.78 is 5.36. The van der Waals surface area contributed by atoms with E-state index in [4.69, 9.17) is 4.74 Å². The number of fused-ring (bicyclic) bond motifs is 1. The van der Waals surface area contributed by atoms with Crippen molar-refractivity contribution in [2.75, 3.05) is 7.11 Å². The highest BCUT2D eigenvalue weighted by atomic mass is 16.5. The monoisotopic (exact) mass is 460 g/mol. The summed E-state index contributed by atoms with van der Waals surface area (Å²) >= 11 is 0. The lowest BCUT2D eigenvalue weighted by Crippen LogP contribution is -2.50. The number of nitrogens with one attached hydrogen (secondary N) is 1. The Labute approximate surface area is 203 Å². The molecule has 3 aromatic rings. The lowest BCUT2D eigenvalue weighted by Gasteiger charge is -2.31. The molecule has 3 aromatic carbocycles. The molecular weight excluding hydrogens is 424 g/mol. The highest BCUT2D eigenvalue weighted by Crippen LogP contribution is 2.22. The first-order valence-electron chi connectivity index (χ1n) is 12.2. The van der Waals surface area contributed by atoms with Gasteiger partial charge in [0.05, 0.1) is 7.11 Å². The Bertz CT molecular complexity index is 1110. The van der Waals surface area contributed by atoms with Crippen LogP contribution in [0, 0.1) is 0 Å². The third-order valence-electron chi connectivity index (χ3n) is 6.36. The van der Waals surface area contributed by atoms with Crippen LogP contribution in [-0.4, -0.2) is 35.9 Å². The zero-order valence-corrected chi connectivity index (χ0v) is 20.7. The average Bonchev–Trinajstić information content (AvgIpc) is 2.87. The van der Waals surface area contributed by atoms with Gasteiger partial charge >= 0.3 is 0 Å². The largest absolute Gasteiger partial charge is 0.497 e. The van der Waals surface area contributed by atoms with E-state index in [1.54, 1.807) is 12.0 Å². The molecule has 0 aliphatic heterocycles. The van der Waals surface area contributed by atoms with Crippen LogP contribution in [0.5, 0.6) is 5.75 Å². The van der Waals surface area contributed by atoms with E-state index in [1.807, 2.05) is 63.2 Å². The van der Waals surface area contributed by atoms with Crippen LogP contribution in [0.25, 0.3) is 10.8 Å². The van der Waals surface area contributed by atoms with E-state index in [2.05, 4.69) is 29.6 Å². The predicted molar refractivity (Wildman–Crippen MR) is 138 cm³/mol. The molecule has 0 aliphatic carbocycles. The summed E-state index contributed by atoms with van der Waals surface area (Å²) in [5.74, 6) is 0.609. The quantitative estimate of drug-likeness (QED) is 0.411. The molecule has 0 unspecified atom stereocenters. The van der Waals surface area contributed by atoms with Crippen molar-refractivity contribution < 1.29 is 14.3 Å². The molecule has 34 heavy (non-hydrogen) atoms. The van der Waals surface area contributed by atoms with Crippen LogP contribution in [0.15, 0.2) is 66.7 Å². The summed E-state index contributed by atoms with van der Waals surface area (Å²) in [7, 11) is 1.63. The molecule has 0 saturated heterocycles. The molecule has 0 spiro atoms. The summed E-state index contributed by atoms with van der Waals surface area (Å²) in [6.07, 6.45) is 2.35. The number of amides is 2. The molecular formula is C29H36N2O3. The first-order chi connectivity index (χ1) is 16.5. The van der Waals surface area contributed by atoms with Crippen LogP contribution in [0.1, 0.15) is 51.2 Å². The molecule has 0 radical (unpaired) electrons. The molecule has 3 rings (SSSR count).